The van der Waals surface area contributed by atoms with Crippen molar-refractivity contribution >= 4 is 43.1 Å². The molecule has 0 amide bonds. The first-order valence-electron chi connectivity index (χ1n) is 14.3. The molecule has 0 bridgehead atoms. The van der Waals surface area contributed by atoms with E-state index < -0.39 is 87.5 Å². The molecule has 4 aromatic rings. The molecule has 0 saturated carbocycles. The average molecular weight is 725 g/mol. The zero-order chi connectivity index (χ0) is 36.6. The summed E-state index contributed by atoms with van der Waals surface area (Å²) in [4.78, 5) is 0. The minimum absolute atomic E-state index is 0.0993. The predicted octanol–water partition coefficient (Wildman–Crippen LogP) is 2.01. The Morgan fingerprint density at radius 1 is 0.600 bits per heavy atom. The Labute approximate surface area is 282 Å². The summed E-state index contributed by atoms with van der Waals surface area (Å²) in [5.74, 6) is 8.15. The highest BCUT2D eigenvalue weighted by molar-refractivity contribution is 7.87. The van der Waals surface area contributed by atoms with E-state index in [1.54, 1.807) is 0 Å². The molecule has 2 aliphatic rings. The maximum absolute atomic E-state index is 16.2. The third-order valence-electron chi connectivity index (χ3n) is 9.16. The Morgan fingerprint density at radius 2 is 0.940 bits per heavy atom. The van der Waals surface area contributed by atoms with E-state index in [9.17, 15) is 36.2 Å². The molecule has 0 aromatic heterocycles. The van der Waals surface area contributed by atoms with E-state index in [1.807, 2.05) is 0 Å². The van der Waals surface area contributed by atoms with Crippen molar-refractivity contribution in [1.82, 2.24) is 0 Å². The van der Waals surface area contributed by atoms with Gasteiger partial charge in [-0.2, -0.15) is 27.0 Å². The molecule has 50 heavy (non-hydrogen) atoms. The molecule has 0 spiro atoms. The number of halogens is 2. The first-order valence-corrected chi connectivity index (χ1v) is 17.2. The van der Waals surface area contributed by atoms with Gasteiger partial charge < -0.3 is 21.9 Å². The van der Waals surface area contributed by atoms with E-state index in [2.05, 4.69) is 10.2 Å². The van der Waals surface area contributed by atoms with Crippen LogP contribution in [0.5, 0.6) is 0 Å². The number of nitrogens with one attached hydrogen (secondary N) is 2. The fourth-order valence-corrected chi connectivity index (χ4v) is 9.55. The molecule has 0 saturated heterocycles. The van der Waals surface area contributed by atoms with E-state index in [1.165, 1.54) is 48.5 Å². The maximum atomic E-state index is 16.2. The van der Waals surface area contributed by atoms with E-state index in [0.717, 1.165) is 36.4 Å². The number of aliphatic hydroxyl groups excluding tert-OH is 2. The monoisotopic (exact) mass is 724 g/mol. The van der Waals surface area contributed by atoms with Crippen LogP contribution in [0.2, 0.25) is 0 Å². The van der Waals surface area contributed by atoms with Crippen molar-refractivity contribution in [3.05, 3.63) is 130 Å². The van der Waals surface area contributed by atoms with Gasteiger partial charge in [-0.3, -0.25) is 19.9 Å². The van der Waals surface area contributed by atoms with Crippen molar-refractivity contribution in [2.24, 2.45) is 21.9 Å². The van der Waals surface area contributed by atoms with Crippen molar-refractivity contribution in [3.63, 3.8) is 0 Å². The molecule has 18 heteroatoms. The number of hydrogen-bond acceptors (Lipinski definition) is 12. The molecule has 14 nitrogen and oxygen atoms in total. The topological polar surface area (TPSA) is 274 Å². The van der Waals surface area contributed by atoms with Gasteiger partial charge in [0.2, 0.25) is 0 Å². The summed E-state index contributed by atoms with van der Waals surface area (Å²) in [6.07, 6.45) is -4.71. The number of benzene rings is 4. The minimum atomic E-state index is -5.48. The molecular weight excluding hydrogens is 699 g/mol. The molecule has 4 unspecified atom stereocenters. The second-order valence-electron chi connectivity index (χ2n) is 11.5. The van der Waals surface area contributed by atoms with Crippen molar-refractivity contribution in [3.8, 4) is 11.1 Å². The number of hydrazone groups is 2. The molecule has 10 N–H and O–H groups in total. The molecular formula is C32H26F2N6O8S2. The molecule has 4 aromatic carbocycles. The zero-order valence-corrected chi connectivity index (χ0v) is 26.9. The van der Waals surface area contributed by atoms with E-state index in [0.29, 0.717) is 0 Å². The van der Waals surface area contributed by atoms with E-state index in [-0.39, 0.29) is 33.4 Å². The summed E-state index contributed by atoms with van der Waals surface area (Å²) in [5, 5.41) is 46.0. The third-order valence-corrected chi connectivity index (χ3v) is 12.1. The molecule has 0 fully saturated rings. The fraction of sp³-hybridized carbons (Fsp3) is 0.125. The Morgan fingerprint density at radius 3 is 1.24 bits per heavy atom. The number of nitrogens with zero attached hydrogens (tertiary/aromatic N) is 2. The van der Waals surface area contributed by atoms with Gasteiger partial charge in [-0.05, 0) is 34.4 Å². The van der Waals surface area contributed by atoms with E-state index in [4.69, 9.17) is 22.5 Å². The summed E-state index contributed by atoms with van der Waals surface area (Å²) < 4.78 is 100. The minimum Gasteiger partial charge on any atom is -0.384 e. The van der Waals surface area contributed by atoms with Crippen LogP contribution in [0.4, 0.5) is 8.78 Å². The van der Waals surface area contributed by atoms with Crippen LogP contribution >= 0.6 is 0 Å². The van der Waals surface area contributed by atoms with Gasteiger partial charge in [-0.1, -0.05) is 72.8 Å². The first-order chi connectivity index (χ1) is 23.5. The van der Waals surface area contributed by atoms with Crippen molar-refractivity contribution in [2.75, 3.05) is 0 Å². The molecule has 2 aliphatic carbocycles. The molecule has 0 aliphatic heterocycles. The highest BCUT2D eigenvalue weighted by atomic mass is 32.2. The largest absolute Gasteiger partial charge is 0.384 e. The van der Waals surface area contributed by atoms with Crippen LogP contribution in [0.25, 0.3) is 11.1 Å². The lowest BCUT2D eigenvalue weighted by Crippen LogP contribution is -2.57. The van der Waals surface area contributed by atoms with Gasteiger partial charge in [-0.15, -0.1) is 0 Å². The second kappa shape index (κ2) is 11.7. The Hall–Kier alpha value is -5.24. The van der Waals surface area contributed by atoms with Crippen molar-refractivity contribution in [1.29, 1.82) is 10.8 Å². The second-order valence-corrected chi connectivity index (χ2v) is 14.7. The number of hydrogen-bond donors (Lipinski definition) is 8. The zero-order valence-electron chi connectivity index (χ0n) is 25.3. The first kappa shape index (κ1) is 34.6. The average Bonchev–Trinajstić information content (AvgIpc) is 3.05. The Bertz CT molecular complexity index is 2270. The van der Waals surface area contributed by atoms with Crippen LogP contribution in [0.15, 0.2) is 95.1 Å². The summed E-state index contributed by atoms with van der Waals surface area (Å²) in [5.41, 5.74) is -4.87. The lowest BCUT2D eigenvalue weighted by molar-refractivity contribution is 0.193. The molecule has 6 rings (SSSR count). The molecule has 4 atom stereocenters. The van der Waals surface area contributed by atoms with Crippen LogP contribution < -0.4 is 11.7 Å². The van der Waals surface area contributed by atoms with Gasteiger partial charge in [0.05, 0.1) is 11.4 Å². The lowest BCUT2D eigenvalue weighted by Gasteiger charge is -2.41. The van der Waals surface area contributed by atoms with Crippen LogP contribution in [0.1, 0.15) is 33.4 Å². The van der Waals surface area contributed by atoms with Gasteiger partial charge in [-0.25, -0.2) is 8.78 Å². The van der Waals surface area contributed by atoms with Crippen LogP contribution in [-0.2, 0) is 29.7 Å². The van der Waals surface area contributed by atoms with Gasteiger partial charge in [0.25, 0.3) is 20.2 Å². The summed E-state index contributed by atoms with van der Waals surface area (Å²) in [7, 11) is -11.0. The normalized spacial score (nSPS) is 25.4. The fourth-order valence-electron chi connectivity index (χ4n) is 6.96. The van der Waals surface area contributed by atoms with Crippen LogP contribution in [0.3, 0.4) is 0 Å². The van der Waals surface area contributed by atoms with Crippen molar-refractivity contribution in [2.45, 2.75) is 21.7 Å². The summed E-state index contributed by atoms with van der Waals surface area (Å²) in [6, 6.07) is 16.2. The highest BCUT2D eigenvalue weighted by Gasteiger charge is 2.61. The Kier molecular flexibility index (Phi) is 8.09. The summed E-state index contributed by atoms with van der Waals surface area (Å²) in [6.45, 7) is 0. The van der Waals surface area contributed by atoms with Gasteiger partial charge in [0.15, 0.2) is 9.49 Å². The third kappa shape index (κ3) is 4.50. The predicted molar refractivity (Wildman–Crippen MR) is 178 cm³/mol. The smallest absolute Gasteiger partial charge is 0.282 e. The molecule has 0 heterocycles. The maximum Gasteiger partial charge on any atom is 0.282 e. The van der Waals surface area contributed by atoms with Crippen molar-refractivity contribution < 1.29 is 44.9 Å². The standard InChI is InChI=1S/C32H26F2N6O8S2/c33-23-13-15(9-11-21(23)31(49(43,44)45)19-7-3-1-5-17(19)25(35)27(39-37)29(31)41)16-10-12-22(24(34)14-16)32(50(46,47)48)20-8-4-2-6-18(20)26(36)28(40-38)30(32)42/h1-14,29-30,35-36,41-42H,37-38H2,(H,43,44,45)(H,46,47,48)/b35-25?,36-26?,39-27-,40-28+. The van der Waals surface area contributed by atoms with Crippen LogP contribution in [-0.4, -0.2) is 71.2 Å². The number of fused-ring (bicyclic) bond motifs is 2. The van der Waals surface area contributed by atoms with E-state index >= 15 is 8.78 Å². The number of aliphatic hydroxyl groups is 2. The quantitative estimate of drug-likeness (QED) is 0.0842. The van der Waals surface area contributed by atoms with Gasteiger partial charge in [0.1, 0.15) is 35.3 Å². The number of nitrogens with two attached hydrogens (primary N) is 2. The van der Waals surface area contributed by atoms with Gasteiger partial charge in [0, 0.05) is 22.3 Å². The number of rotatable bonds is 5. The van der Waals surface area contributed by atoms with Crippen LogP contribution in [0, 0.1) is 22.5 Å². The lowest BCUT2D eigenvalue weighted by atomic mass is 9.73. The summed E-state index contributed by atoms with van der Waals surface area (Å²) >= 11 is 0. The van der Waals surface area contributed by atoms with Gasteiger partial charge >= 0.3 is 0 Å². The highest BCUT2D eigenvalue weighted by Crippen LogP contribution is 2.49. The SMILES string of the molecule is N=C1/C(=N/N)C(O)C(c2ccc(-c3ccc(C4(S(=O)(=O)O)c5ccccc5C(=N)/C(=N\N)C4O)c(F)c3)cc2F)(S(=O)(=O)O)c2ccccc21. The molecule has 258 valence electrons. The molecule has 0 radical (unpaired) electrons. The Balaban J connectivity index is 1.55.